The number of amides is 1. The van der Waals surface area contributed by atoms with Gasteiger partial charge in [-0.25, -0.2) is 9.59 Å². The van der Waals surface area contributed by atoms with Crippen LogP contribution >= 0.6 is 43.6 Å². The number of carbonyl (C=O) groups is 4. The van der Waals surface area contributed by atoms with E-state index in [9.17, 15) is 29.1 Å². The third kappa shape index (κ3) is 4.26. The molecule has 0 bridgehead atoms. The number of esters is 1. The van der Waals surface area contributed by atoms with Crippen LogP contribution in [-0.4, -0.2) is 52.9 Å². The minimum Gasteiger partial charge on any atom is -0.478 e. The molecule has 3 atom stereocenters. The minimum atomic E-state index is -1.28. The van der Waals surface area contributed by atoms with E-state index >= 15 is 0 Å². The molecule has 1 saturated carbocycles. The summed E-state index contributed by atoms with van der Waals surface area (Å²) in [4.78, 5) is 61.5. The van der Waals surface area contributed by atoms with Crippen LogP contribution in [0.3, 0.4) is 0 Å². The van der Waals surface area contributed by atoms with E-state index in [1.165, 1.54) is 24.9 Å². The quantitative estimate of drug-likeness (QED) is 0.391. The van der Waals surface area contributed by atoms with E-state index in [2.05, 4.69) is 41.9 Å². The predicted octanol–water partition coefficient (Wildman–Crippen LogP) is 2.68. The Morgan fingerprint density at radius 2 is 1.97 bits per heavy atom. The molecule has 3 unspecified atom stereocenters. The maximum atomic E-state index is 12.8. The van der Waals surface area contributed by atoms with Crippen LogP contribution in [0.15, 0.2) is 47.5 Å². The molecule has 1 aliphatic carbocycles. The zero-order valence-electron chi connectivity index (χ0n) is 16.8. The van der Waals surface area contributed by atoms with Gasteiger partial charge in [-0.3, -0.25) is 14.4 Å². The molecule has 0 saturated heterocycles. The summed E-state index contributed by atoms with van der Waals surface area (Å²) in [6.07, 6.45) is -0.220. The van der Waals surface area contributed by atoms with Gasteiger partial charge in [-0.05, 0) is 39.7 Å². The number of Topliss-reactive ketones (excluding diaryl/α,β-unsaturated/α-hetero) is 1. The lowest BCUT2D eigenvalue weighted by Gasteiger charge is -2.46. The molecule has 0 spiro atoms. The van der Waals surface area contributed by atoms with Crippen LogP contribution < -0.4 is 10.9 Å². The number of benzene rings is 1. The number of carbonyl (C=O) groups excluding carboxylic acids is 3. The Morgan fingerprint density at radius 1 is 1.24 bits per heavy atom. The third-order valence-corrected chi connectivity index (χ3v) is 8.00. The maximum Gasteiger partial charge on any atom is 0.349 e. The largest absolute Gasteiger partial charge is 0.478 e. The Bertz CT molecular complexity index is 1320. The summed E-state index contributed by atoms with van der Waals surface area (Å²) in [5, 5.41) is 12.2. The van der Waals surface area contributed by atoms with Crippen molar-refractivity contribution in [2.24, 2.45) is 5.92 Å². The highest BCUT2D eigenvalue weighted by Gasteiger charge is 2.56. The molecular formula is C21H15Br2NO8S. The van der Waals surface area contributed by atoms with Crippen molar-refractivity contribution in [3.63, 3.8) is 0 Å². The molecule has 2 heterocycles. The van der Waals surface area contributed by atoms with Crippen LogP contribution in [0, 0.1) is 5.92 Å². The second-order valence-corrected chi connectivity index (χ2v) is 10.4. The number of carboxylic acid groups (broad SMARTS) is 1. The van der Waals surface area contributed by atoms with Gasteiger partial charge in [0.2, 0.25) is 0 Å². The lowest BCUT2D eigenvalue weighted by molar-refractivity contribution is -0.140. The van der Waals surface area contributed by atoms with Crippen molar-refractivity contribution >= 4 is 78.2 Å². The molecule has 9 nitrogen and oxygen atoms in total. The van der Waals surface area contributed by atoms with Crippen LogP contribution in [0.25, 0.3) is 11.0 Å². The van der Waals surface area contributed by atoms with Crippen molar-refractivity contribution in [2.75, 3.05) is 12.9 Å². The van der Waals surface area contributed by atoms with Gasteiger partial charge in [0, 0.05) is 26.4 Å². The van der Waals surface area contributed by atoms with Crippen LogP contribution in [0.5, 0.6) is 0 Å². The van der Waals surface area contributed by atoms with Crippen molar-refractivity contribution in [2.45, 2.75) is 17.7 Å². The maximum absolute atomic E-state index is 12.8. The van der Waals surface area contributed by atoms with Gasteiger partial charge in [-0.2, -0.15) is 11.8 Å². The summed E-state index contributed by atoms with van der Waals surface area (Å²) in [5.41, 5.74) is -0.666. The standard InChI is InChI=1S/C21H15Br2NO8S/c1-31-12(25)4-8-6-33-18-14(13(8)20(28)29)16(26)15(18)24-19(27)10-3-7-2-9(22)5-11(23)17(7)32-21(10)30/h2-3,5,14-15,18H,4,6H2,1H3,(H,24,27)(H,28,29). The molecule has 33 heavy (non-hydrogen) atoms. The van der Waals surface area contributed by atoms with E-state index in [-0.39, 0.29) is 28.9 Å². The average molecular weight is 601 g/mol. The first-order chi connectivity index (χ1) is 15.6. The van der Waals surface area contributed by atoms with Crippen molar-refractivity contribution in [3.8, 4) is 0 Å². The topological polar surface area (TPSA) is 140 Å². The summed E-state index contributed by atoms with van der Waals surface area (Å²) in [6, 6.07) is 3.78. The van der Waals surface area contributed by atoms with Crippen LogP contribution in [0.1, 0.15) is 16.8 Å². The number of ether oxygens (including phenoxy) is 1. The first-order valence-electron chi connectivity index (χ1n) is 9.53. The molecule has 1 amide bonds. The molecule has 1 fully saturated rings. The van der Waals surface area contributed by atoms with E-state index in [0.717, 1.165) is 0 Å². The summed E-state index contributed by atoms with van der Waals surface area (Å²) < 4.78 is 11.1. The number of rotatable bonds is 5. The zero-order valence-corrected chi connectivity index (χ0v) is 20.8. The number of ketones is 1. The molecule has 1 aromatic heterocycles. The van der Waals surface area contributed by atoms with Gasteiger partial charge in [0.25, 0.3) is 5.91 Å². The van der Waals surface area contributed by atoms with Crippen LogP contribution in [0.2, 0.25) is 0 Å². The molecule has 172 valence electrons. The number of thioether (sulfide) groups is 1. The second kappa shape index (κ2) is 9.07. The number of nitrogens with one attached hydrogen (secondary N) is 1. The first-order valence-corrected chi connectivity index (χ1v) is 12.2. The number of fused-ring (bicyclic) bond motifs is 2. The van der Waals surface area contributed by atoms with E-state index in [0.29, 0.717) is 19.9 Å². The molecule has 0 radical (unpaired) electrons. The Hall–Kier alpha value is -2.44. The van der Waals surface area contributed by atoms with Gasteiger partial charge >= 0.3 is 17.6 Å². The SMILES string of the molecule is COC(=O)CC1=C(C(=O)O)C2C(=O)C(NC(=O)c3cc4cc(Br)cc(Br)c4oc3=O)C2SC1. The Labute approximate surface area is 207 Å². The summed E-state index contributed by atoms with van der Waals surface area (Å²) in [7, 11) is 1.20. The van der Waals surface area contributed by atoms with E-state index in [1.54, 1.807) is 12.1 Å². The van der Waals surface area contributed by atoms with Crippen LogP contribution in [-0.2, 0) is 19.1 Å². The van der Waals surface area contributed by atoms with Crippen molar-refractivity contribution < 1.29 is 33.4 Å². The van der Waals surface area contributed by atoms with Gasteiger partial charge in [-0.1, -0.05) is 15.9 Å². The summed E-state index contributed by atoms with van der Waals surface area (Å²) in [5.74, 6) is -3.91. The number of hydrogen-bond donors (Lipinski definition) is 2. The fourth-order valence-corrected chi connectivity index (χ4v) is 6.80. The average Bonchev–Trinajstić information content (AvgIpc) is 2.76. The van der Waals surface area contributed by atoms with E-state index in [1.807, 2.05) is 0 Å². The molecule has 2 aliphatic rings. The van der Waals surface area contributed by atoms with Crippen molar-refractivity contribution in [3.05, 3.63) is 54.3 Å². The van der Waals surface area contributed by atoms with Gasteiger partial charge in [0.05, 0.1) is 23.9 Å². The number of halogens is 2. The van der Waals surface area contributed by atoms with Crippen molar-refractivity contribution in [1.82, 2.24) is 5.32 Å². The molecule has 4 rings (SSSR count). The fraction of sp³-hybridized carbons (Fsp3) is 0.286. The number of hydrogen-bond acceptors (Lipinski definition) is 8. The van der Waals surface area contributed by atoms with Gasteiger partial charge in [0.15, 0.2) is 11.4 Å². The Kier molecular flexibility index (Phi) is 6.52. The molecule has 2 N–H and O–H groups in total. The van der Waals surface area contributed by atoms with Crippen LogP contribution in [0.4, 0.5) is 0 Å². The monoisotopic (exact) mass is 599 g/mol. The smallest absolute Gasteiger partial charge is 0.349 e. The molecule has 1 aliphatic heterocycles. The highest BCUT2D eigenvalue weighted by molar-refractivity contribution is 9.11. The molecular weight excluding hydrogens is 586 g/mol. The molecule has 1 aromatic carbocycles. The second-order valence-electron chi connectivity index (χ2n) is 7.44. The van der Waals surface area contributed by atoms with Gasteiger partial charge in [-0.15, -0.1) is 0 Å². The highest BCUT2D eigenvalue weighted by atomic mass is 79.9. The number of methoxy groups -OCH3 is 1. The normalized spacial score (nSPS) is 21.9. The van der Waals surface area contributed by atoms with E-state index < -0.39 is 46.5 Å². The highest BCUT2D eigenvalue weighted by Crippen LogP contribution is 2.46. The Morgan fingerprint density at radius 3 is 2.64 bits per heavy atom. The lowest BCUT2D eigenvalue weighted by Crippen LogP contribution is -2.65. The minimum absolute atomic E-state index is 0.125. The van der Waals surface area contributed by atoms with Crippen molar-refractivity contribution in [1.29, 1.82) is 0 Å². The zero-order chi connectivity index (χ0) is 24.0. The fourth-order valence-electron chi connectivity index (χ4n) is 3.95. The summed E-state index contributed by atoms with van der Waals surface area (Å²) >= 11 is 7.91. The number of carboxylic acids is 1. The summed E-state index contributed by atoms with van der Waals surface area (Å²) in [6.45, 7) is 0. The number of aliphatic carboxylic acids is 1. The van der Waals surface area contributed by atoms with Gasteiger partial charge in [0.1, 0.15) is 11.6 Å². The predicted molar refractivity (Wildman–Crippen MR) is 125 cm³/mol. The van der Waals surface area contributed by atoms with E-state index in [4.69, 9.17) is 4.42 Å². The molecule has 2 aromatic rings. The Balaban J connectivity index is 1.59. The first kappa shape index (κ1) is 23.7. The third-order valence-electron chi connectivity index (χ3n) is 5.51. The lowest BCUT2D eigenvalue weighted by atomic mass is 9.71. The molecule has 12 heteroatoms. The van der Waals surface area contributed by atoms with Gasteiger partial charge < -0.3 is 19.6 Å².